The van der Waals surface area contributed by atoms with Crippen molar-refractivity contribution in [2.24, 2.45) is 0 Å². The SMILES string of the molecule is CC1(C)CCC[C@@H]([C@H](O)c2cccc(Cl)c2)N1. The highest BCUT2D eigenvalue weighted by Crippen LogP contribution is 2.29. The molecule has 2 atom stereocenters. The van der Waals surface area contributed by atoms with Gasteiger partial charge < -0.3 is 10.4 Å². The van der Waals surface area contributed by atoms with E-state index >= 15 is 0 Å². The first-order chi connectivity index (χ1) is 7.98. The molecular formula is C14H20ClNO. The molecule has 1 aromatic carbocycles. The highest BCUT2D eigenvalue weighted by atomic mass is 35.5. The van der Waals surface area contributed by atoms with Crippen LogP contribution >= 0.6 is 11.6 Å². The third kappa shape index (κ3) is 3.21. The number of nitrogens with one attached hydrogen (secondary N) is 1. The zero-order valence-corrected chi connectivity index (χ0v) is 11.2. The average molecular weight is 254 g/mol. The number of aliphatic hydroxyl groups is 1. The van der Waals surface area contributed by atoms with E-state index in [4.69, 9.17) is 11.6 Å². The van der Waals surface area contributed by atoms with E-state index in [0.717, 1.165) is 24.8 Å². The van der Waals surface area contributed by atoms with Crippen LogP contribution in [-0.4, -0.2) is 16.7 Å². The van der Waals surface area contributed by atoms with E-state index in [-0.39, 0.29) is 11.6 Å². The molecule has 1 aliphatic rings. The molecule has 17 heavy (non-hydrogen) atoms. The standard InChI is InChI=1S/C14H20ClNO/c1-14(2)8-4-7-12(16-14)13(17)10-5-3-6-11(15)9-10/h3,5-6,9,12-13,16-17H,4,7-8H2,1-2H3/t12-,13+/m0/s1. The molecule has 1 aliphatic heterocycles. The summed E-state index contributed by atoms with van der Waals surface area (Å²) in [4.78, 5) is 0. The Morgan fingerprint density at radius 1 is 1.47 bits per heavy atom. The van der Waals surface area contributed by atoms with Gasteiger partial charge in [-0.15, -0.1) is 0 Å². The summed E-state index contributed by atoms with van der Waals surface area (Å²) in [6.45, 7) is 4.37. The van der Waals surface area contributed by atoms with Crippen molar-refractivity contribution in [2.75, 3.05) is 0 Å². The molecule has 0 amide bonds. The van der Waals surface area contributed by atoms with Crippen LogP contribution < -0.4 is 5.32 Å². The summed E-state index contributed by atoms with van der Waals surface area (Å²) in [7, 11) is 0. The Balaban J connectivity index is 2.12. The Morgan fingerprint density at radius 3 is 2.88 bits per heavy atom. The van der Waals surface area contributed by atoms with Crippen molar-refractivity contribution in [3.8, 4) is 0 Å². The molecular weight excluding hydrogens is 234 g/mol. The van der Waals surface area contributed by atoms with E-state index in [1.807, 2.05) is 24.3 Å². The molecule has 1 saturated heterocycles. The maximum absolute atomic E-state index is 10.4. The number of halogens is 1. The summed E-state index contributed by atoms with van der Waals surface area (Å²) in [6.07, 6.45) is 2.85. The molecule has 0 radical (unpaired) electrons. The van der Waals surface area contributed by atoms with Crippen LogP contribution in [0.5, 0.6) is 0 Å². The molecule has 0 saturated carbocycles. The van der Waals surface area contributed by atoms with Crippen LogP contribution in [0, 0.1) is 0 Å². The van der Waals surface area contributed by atoms with Crippen molar-refractivity contribution in [3.63, 3.8) is 0 Å². The lowest BCUT2D eigenvalue weighted by atomic mass is 9.86. The molecule has 3 heteroatoms. The van der Waals surface area contributed by atoms with Crippen LogP contribution in [0.25, 0.3) is 0 Å². The van der Waals surface area contributed by atoms with E-state index < -0.39 is 6.10 Å². The van der Waals surface area contributed by atoms with Crippen LogP contribution in [0.1, 0.15) is 44.8 Å². The van der Waals surface area contributed by atoms with Gasteiger partial charge in [-0.1, -0.05) is 23.7 Å². The number of aliphatic hydroxyl groups excluding tert-OH is 1. The summed E-state index contributed by atoms with van der Waals surface area (Å²) in [6, 6.07) is 7.61. The molecule has 2 nitrogen and oxygen atoms in total. The van der Waals surface area contributed by atoms with Gasteiger partial charge in [0.05, 0.1) is 6.10 Å². The first kappa shape index (κ1) is 12.9. The highest BCUT2D eigenvalue weighted by Gasteiger charge is 2.31. The Bertz CT molecular complexity index is 392. The molecule has 0 bridgehead atoms. The molecule has 1 heterocycles. The second kappa shape index (κ2) is 4.97. The van der Waals surface area contributed by atoms with Gasteiger partial charge in [0.25, 0.3) is 0 Å². The van der Waals surface area contributed by atoms with Crippen LogP contribution in [0.3, 0.4) is 0 Å². The minimum atomic E-state index is -0.478. The summed E-state index contributed by atoms with van der Waals surface area (Å²) >= 11 is 5.95. The topological polar surface area (TPSA) is 32.3 Å². The van der Waals surface area contributed by atoms with Crippen molar-refractivity contribution in [1.82, 2.24) is 5.32 Å². The van der Waals surface area contributed by atoms with Gasteiger partial charge in [-0.25, -0.2) is 0 Å². The molecule has 1 aromatic rings. The third-order valence-electron chi connectivity index (χ3n) is 3.46. The smallest absolute Gasteiger partial charge is 0.0943 e. The maximum Gasteiger partial charge on any atom is 0.0943 e. The average Bonchev–Trinajstić information content (AvgIpc) is 2.26. The van der Waals surface area contributed by atoms with Gasteiger partial charge in [-0.3, -0.25) is 0 Å². The minimum absolute atomic E-state index is 0.114. The second-order valence-corrected chi connectivity index (χ2v) is 5.96. The lowest BCUT2D eigenvalue weighted by molar-refractivity contribution is 0.0844. The highest BCUT2D eigenvalue weighted by molar-refractivity contribution is 6.30. The molecule has 0 unspecified atom stereocenters. The van der Waals surface area contributed by atoms with Crippen molar-refractivity contribution in [3.05, 3.63) is 34.9 Å². The monoisotopic (exact) mass is 253 g/mol. The van der Waals surface area contributed by atoms with Crippen LogP contribution in [0.2, 0.25) is 5.02 Å². The largest absolute Gasteiger partial charge is 0.387 e. The van der Waals surface area contributed by atoms with Crippen molar-refractivity contribution >= 4 is 11.6 Å². The zero-order valence-electron chi connectivity index (χ0n) is 10.4. The first-order valence-electron chi connectivity index (χ1n) is 6.19. The first-order valence-corrected chi connectivity index (χ1v) is 6.57. The van der Waals surface area contributed by atoms with Gasteiger partial charge in [0.1, 0.15) is 0 Å². The van der Waals surface area contributed by atoms with Gasteiger partial charge in [0.15, 0.2) is 0 Å². The molecule has 94 valence electrons. The Labute approximate surface area is 108 Å². The fourth-order valence-electron chi connectivity index (χ4n) is 2.57. The number of hydrogen-bond donors (Lipinski definition) is 2. The van der Waals surface area contributed by atoms with Gasteiger partial charge >= 0.3 is 0 Å². The second-order valence-electron chi connectivity index (χ2n) is 5.53. The van der Waals surface area contributed by atoms with Crippen molar-refractivity contribution in [1.29, 1.82) is 0 Å². The van der Waals surface area contributed by atoms with Gasteiger partial charge in [0.2, 0.25) is 0 Å². The Morgan fingerprint density at radius 2 is 2.24 bits per heavy atom. The molecule has 0 spiro atoms. The fraction of sp³-hybridized carbons (Fsp3) is 0.571. The van der Waals surface area contributed by atoms with Crippen molar-refractivity contribution < 1.29 is 5.11 Å². The van der Waals surface area contributed by atoms with Crippen LogP contribution in [0.15, 0.2) is 24.3 Å². The summed E-state index contributed by atoms with van der Waals surface area (Å²) in [5.74, 6) is 0. The Hall–Kier alpha value is -0.570. The lowest BCUT2D eigenvalue weighted by Crippen LogP contribution is -2.51. The number of piperidine rings is 1. The van der Waals surface area contributed by atoms with E-state index in [9.17, 15) is 5.11 Å². The maximum atomic E-state index is 10.4. The number of hydrogen-bond acceptors (Lipinski definition) is 2. The molecule has 2 N–H and O–H groups in total. The summed E-state index contributed by atoms with van der Waals surface area (Å²) in [5, 5.41) is 14.6. The predicted molar refractivity (Wildman–Crippen MR) is 71.3 cm³/mol. The van der Waals surface area contributed by atoms with Gasteiger partial charge in [-0.05, 0) is 50.8 Å². The third-order valence-corrected chi connectivity index (χ3v) is 3.70. The van der Waals surface area contributed by atoms with E-state index in [0.29, 0.717) is 5.02 Å². The van der Waals surface area contributed by atoms with E-state index in [1.165, 1.54) is 0 Å². The van der Waals surface area contributed by atoms with Crippen LogP contribution in [-0.2, 0) is 0 Å². The quantitative estimate of drug-likeness (QED) is 0.848. The van der Waals surface area contributed by atoms with E-state index in [1.54, 1.807) is 0 Å². The molecule has 0 aliphatic carbocycles. The fourth-order valence-corrected chi connectivity index (χ4v) is 2.77. The minimum Gasteiger partial charge on any atom is -0.387 e. The molecule has 1 fully saturated rings. The molecule has 0 aromatic heterocycles. The van der Waals surface area contributed by atoms with Crippen LogP contribution in [0.4, 0.5) is 0 Å². The van der Waals surface area contributed by atoms with Crippen molar-refractivity contribution in [2.45, 2.75) is 50.8 Å². The zero-order chi connectivity index (χ0) is 12.5. The molecule has 2 rings (SSSR count). The predicted octanol–water partition coefficient (Wildman–Crippen LogP) is 3.29. The van der Waals surface area contributed by atoms with Gasteiger partial charge in [0, 0.05) is 16.6 Å². The lowest BCUT2D eigenvalue weighted by Gasteiger charge is -2.39. The van der Waals surface area contributed by atoms with E-state index in [2.05, 4.69) is 19.2 Å². The van der Waals surface area contributed by atoms with Gasteiger partial charge in [-0.2, -0.15) is 0 Å². The summed E-state index contributed by atoms with van der Waals surface area (Å²) in [5.41, 5.74) is 1.01. The summed E-state index contributed by atoms with van der Waals surface area (Å²) < 4.78 is 0. The Kier molecular flexibility index (Phi) is 3.76. The number of rotatable bonds is 2. The normalized spacial score (nSPS) is 25.5. The number of benzene rings is 1.